The van der Waals surface area contributed by atoms with E-state index < -0.39 is 23.8 Å². The number of hydrogen-bond donors (Lipinski definition) is 1. The second kappa shape index (κ2) is 6.50. The zero-order chi connectivity index (χ0) is 17.4. The topological polar surface area (TPSA) is 101 Å². The van der Waals surface area contributed by atoms with Crippen molar-refractivity contribution in [1.82, 2.24) is 4.90 Å². The van der Waals surface area contributed by atoms with Gasteiger partial charge < -0.3 is 15.4 Å². The Morgan fingerprint density at radius 3 is 2.62 bits per heavy atom. The Hall–Kier alpha value is -1.97. The second-order valence-electron chi connectivity index (χ2n) is 5.84. The van der Waals surface area contributed by atoms with E-state index in [-0.39, 0.29) is 18.4 Å². The largest absolute Gasteiger partial charge is 0.369 e. The van der Waals surface area contributed by atoms with Crippen LogP contribution in [0.5, 0.6) is 0 Å². The zero-order valence-electron chi connectivity index (χ0n) is 12.8. The van der Waals surface area contributed by atoms with Crippen LogP contribution in [0.2, 0.25) is 0 Å². The Morgan fingerprint density at radius 1 is 1.33 bits per heavy atom. The van der Waals surface area contributed by atoms with Crippen LogP contribution in [-0.4, -0.2) is 52.0 Å². The lowest BCUT2D eigenvalue weighted by Gasteiger charge is -2.38. The predicted molar refractivity (Wildman–Crippen MR) is 95.2 cm³/mol. The van der Waals surface area contributed by atoms with Crippen LogP contribution in [0.3, 0.4) is 0 Å². The molecule has 2 aliphatic rings. The Kier molecular flexibility index (Phi) is 4.57. The molecule has 0 bridgehead atoms. The van der Waals surface area contributed by atoms with Gasteiger partial charge in [-0.15, -0.1) is 0 Å². The number of anilines is 1. The number of aldehydes is 1. The molecule has 0 saturated carbocycles. The number of benzene rings is 1. The molecule has 1 aromatic rings. The normalized spacial score (nSPS) is 18.4. The maximum absolute atomic E-state index is 12.8. The number of primary amides is 1. The van der Waals surface area contributed by atoms with Gasteiger partial charge in [-0.1, -0.05) is 28.7 Å². The molecule has 1 saturated heterocycles. The minimum atomic E-state index is -1.11. The highest BCUT2D eigenvalue weighted by molar-refractivity contribution is 14.1. The maximum atomic E-state index is 12.8. The molecule has 1 fully saturated rings. The van der Waals surface area contributed by atoms with Gasteiger partial charge in [0.15, 0.2) is 0 Å². The van der Waals surface area contributed by atoms with Gasteiger partial charge in [-0.25, -0.2) is 0 Å². The molecule has 1 atom stereocenters. The van der Waals surface area contributed by atoms with Gasteiger partial charge in [0.05, 0.1) is 16.8 Å². The molecular weight excluding hydrogens is 425 g/mol. The van der Waals surface area contributed by atoms with Crippen LogP contribution >= 0.6 is 22.6 Å². The third kappa shape index (κ3) is 2.68. The Balaban J connectivity index is 1.97. The van der Waals surface area contributed by atoms with Gasteiger partial charge in [0, 0.05) is 23.4 Å². The molecule has 2 aliphatic heterocycles. The van der Waals surface area contributed by atoms with Crippen LogP contribution in [0.15, 0.2) is 18.2 Å². The van der Waals surface area contributed by atoms with Crippen molar-refractivity contribution in [3.05, 3.63) is 29.3 Å². The summed E-state index contributed by atoms with van der Waals surface area (Å²) in [7, 11) is 0. The molecule has 0 radical (unpaired) electrons. The standard InChI is InChI=1S/C16H16IN3O4/c17-9-7-19(8-9)11-4-1-3-10-13(11)16(24)20(15(10)23)12(14(18)22)5-2-6-21/h1,3-4,6,9,12H,2,5,7-8H2,(H2,18,22). The summed E-state index contributed by atoms with van der Waals surface area (Å²) in [6, 6.07) is 4.01. The number of nitrogens with zero attached hydrogens (tertiary/aromatic N) is 2. The van der Waals surface area contributed by atoms with E-state index in [2.05, 4.69) is 22.6 Å². The highest BCUT2D eigenvalue weighted by Crippen LogP contribution is 2.36. The molecule has 24 heavy (non-hydrogen) atoms. The third-order valence-electron chi connectivity index (χ3n) is 4.30. The first-order chi connectivity index (χ1) is 11.5. The number of hydrogen-bond acceptors (Lipinski definition) is 5. The van der Waals surface area contributed by atoms with Gasteiger partial charge in [-0.05, 0) is 18.6 Å². The van der Waals surface area contributed by atoms with Gasteiger partial charge in [0.2, 0.25) is 5.91 Å². The van der Waals surface area contributed by atoms with E-state index in [1.807, 2.05) is 4.90 Å². The molecule has 0 aliphatic carbocycles. The van der Waals surface area contributed by atoms with Gasteiger partial charge in [-0.2, -0.15) is 0 Å². The van der Waals surface area contributed by atoms with Gasteiger partial charge in [0.1, 0.15) is 12.3 Å². The second-order valence-corrected chi connectivity index (χ2v) is 7.61. The van der Waals surface area contributed by atoms with Crippen LogP contribution in [0.25, 0.3) is 0 Å². The SMILES string of the molecule is NC(=O)C(CCC=O)N1C(=O)c2cccc(N3CC(I)C3)c2C1=O. The summed E-state index contributed by atoms with van der Waals surface area (Å²) >= 11 is 2.33. The van der Waals surface area contributed by atoms with E-state index in [0.29, 0.717) is 21.5 Å². The van der Waals surface area contributed by atoms with E-state index in [1.54, 1.807) is 18.2 Å². The summed E-state index contributed by atoms with van der Waals surface area (Å²) in [5.41, 5.74) is 6.67. The first-order valence-corrected chi connectivity index (χ1v) is 8.83. The lowest BCUT2D eigenvalue weighted by atomic mass is 10.0. The molecule has 0 aromatic heterocycles. The van der Waals surface area contributed by atoms with Crippen LogP contribution in [0, 0.1) is 0 Å². The first-order valence-electron chi connectivity index (χ1n) is 7.58. The summed E-state index contributed by atoms with van der Waals surface area (Å²) < 4.78 is 0.507. The van der Waals surface area contributed by atoms with Crippen molar-refractivity contribution in [1.29, 1.82) is 0 Å². The fraction of sp³-hybridized carbons (Fsp3) is 0.375. The first kappa shape index (κ1) is 16.9. The van der Waals surface area contributed by atoms with Gasteiger partial charge in [0.25, 0.3) is 11.8 Å². The van der Waals surface area contributed by atoms with Crippen molar-refractivity contribution in [3.8, 4) is 0 Å². The predicted octanol–water partition coefficient (Wildman–Crippen LogP) is 0.739. The number of halogens is 1. The molecule has 8 heteroatoms. The van der Waals surface area contributed by atoms with Crippen molar-refractivity contribution in [2.45, 2.75) is 22.8 Å². The number of nitrogens with two attached hydrogens (primary N) is 1. The lowest BCUT2D eigenvalue weighted by Crippen LogP contribution is -2.49. The molecular formula is C16H16IN3O4. The minimum Gasteiger partial charge on any atom is -0.369 e. The van der Waals surface area contributed by atoms with Crippen molar-refractivity contribution in [3.63, 3.8) is 0 Å². The van der Waals surface area contributed by atoms with Crippen molar-refractivity contribution in [2.24, 2.45) is 5.73 Å². The monoisotopic (exact) mass is 441 g/mol. The zero-order valence-corrected chi connectivity index (χ0v) is 14.9. The summed E-state index contributed by atoms with van der Waals surface area (Å²) in [4.78, 5) is 50.7. The molecule has 3 amide bonds. The van der Waals surface area contributed by atoms with E-state index in [9.17, 15) is 19.2 Å². The van der Waals surface area contributed by atoms with E-state index in [1.165, 1.54) is 0 Å². The fourth-order valence-electron chi connectivity index (χ4n) is 3.08. The minimum absolute atomic E-state index is 0.0408. The number of fused-ring (bicyclic) bond motifs is 1. The van der Waals surface area contributed by atoms with Crippen LogP contribution in [-0.2, 0) is 9.59 Å². The Labute approximate surface area is 152 Å². The summed E-state index contributed by atoms with van der Waals surface area (Å²) in [5.74, 6) is -1.83. The molecule has 7 nitrogen and oxygen atoms in total. The van der Waals surface area contributed by atoms with Gasteiger partial charge in [-0.3, -0.25) is 19.3 Å². The molecule has 2 heterocycles. The molecule has 1 unspecified atom stereocenters. The highest BCUT2D eigenvalue weighted by Gasteiger charge is 2.44. The molecule has 0 spiro atoms. The highest BCUT2D eigenvalue weighted by atomic mass is 127. The molecule has 2 N–H and O–H groups in total. The van der Waals surface area contributed by atoms with Crippen molar-refractivity contribution in [2.75, 3.05) is 18.0 Å². The lowest BCUT2D eigenvalue weighted by molar-refractivity contribution is -0.122. The molecule has 126 valence electrons. The quantitative estimate of drug-likeness (QED) is 0.304. The summed E-state index contributed by atoms with van der Waals surface area (Å²) in [6.45, 7) is 1.62. The Bertz CT molecular complexity index is 730. The Morgan fingerprint density at radius 2 is 2.04 bits per heavy atom. The smallest absolute Gasteiger partial charge is 0.264 e. The molecule has 3 rings (SSSR count). The number of rotatable bonds is 6. The van der Waals surface area contributed by atoms with E-state index >= 15 is 0 Å². The number of amides is 3. The van der Waals surface area contributed by atoms with E-state index in [0.717, 1.165) is 18.0 Å². The van der Waals surface area contributed by atoms with Crippen LogP contribution in [0.1, 0.15) is 33.6 Å². The van der Waals surface area contributed by atoms with Crippen LogP contribution < -0.4 is 10.6 Å². The van der Waals surface area contributed by atoms with Crippen LogP contribution in [0.4, 0.5) is 5.69 Å². The van der Waals surface area contributed by atoms with Crippen molar-refractivity contribution < 1.29 is 19.2 Å². The van der Waals surface area contributed by atoms with E-state index in [4.69, 9.17) is 5.73 Å². The fourth-order valence-corrected chi connectivity index (χ4v) is 4.03. The van der Waals surface area contributed by atoms with Crippen molar-refractivity contribution >= 4 is 52.3 Å². The summed E-state index contributed by atoms with van der Waals surface area (Å²) in [6.07, 6.45) is 0.732. The maximum Gasteiger partial charge on any atom is 0.264 e. The number of imide groups is 1. The average Bonchev–Trinajstić information content (AvgIpc) is 2.77. The van der Waals surface area contributed by atoms with Gasteiger partial charge >= 0.3 is 0 Å². The number of carbonyl (C=O) groups is 4. The number of alkyl halides is 1. The average molecular weight is 441 g/mol. The number of carbonyl (C=O) groups excluding carboxylic acids is 4. The summed E-state index contributed by atoms with van der Waals surface area (Å²) in [5, 5.41) is 0. The molecule has 1 aromatic carbocycles. The third-order valence-corrected chi connectivity index (χ3v) is 5.09.